The van der Waals surface area contributed by atoms with E-state index in [1.54, 1.807) is 0 Å². The minimum absolute atomic E-state index is 0.132. The van der Waals surface area contributed by atoms with Crippen molar-refractivity contribution in [1.82, 2.24) is 0 Å². The van der Waals surface area contributed by atoms with Gasteiger partial charge in [0.25, 0.3) is 0 Å². The molecule has 1 aliphatic rings. The SMILES string of the molecule is CC1COc2ccccc2C1(CN)OCCCO. The fourth-order valence-corrected chi connectivity index (χ4v) is 2.47. The summed E-state index contributed by atoms with van der Waals surface area (Å²) in [5.74, 6) is 1.04. The molecule has 2 unspecified atom stereocenters. The molecule has 1 aromatic rings. The number of aliphatic hydroxyl groups excluding tert-OH is 1. The molecule has 0 aromatic heterocycles. The van der Waals surface area contributed by atoms with Crippen LogP contribution in [-0.2, 0) is 10.3 Å². The van der Waals surface area contributed by atoms with Gasteiger partial charge in [-0.25, -0.2) is 0 Å². The quantitative estimate of drug-likeness (QED) is 0.773. The van der Waals surface area contributed by atoms with Gasteiger partial charge in [0.05, 0.1) is 13.2 Å². The first-order chi connectivity index (χ1) is 8.74. The Morgan fingerprint density at radius 2 is 2.28 bits per heavy atom. The van der Waals surface area contributed by atoms with Crippen molar-refractivity contribution in [3.05, 3.63) is 29.8 Å². The molecule has 4 nitrogen and oxygen atoms in total. The molecule has 0 aliphatic carbocycles. The Labute approximate surface area is 108 Å². The van der Waals surface area contributed by atoms with Crippen LogP contribution in [0.4, 0.5) is 0 Å². The number of nitrogens with two attached hydrogens (primary N) is 1. The van der Waals surface area contributed by atoms with E-state index in [9.17, 15) is 0 Å². The van der Waals surface area contributed by atoms with Crippen molar-refractivity contribution in [3.63, 3.8) is 0 Å². The second kappa shape index (κ2) is 5.69. The van der Waals surface area contributed by atoms with Crippen molar-refractivity contribution >= 4 is 0 Å². The fourth-order valence-electron chi connectivity index (χ4n) is 2.47. The van der Waals surface area contributed by atoms with Crippen LogP contribution in [0.25, 0.3) is 0 Å². The monoisotopic (exact) mass is 251 g/mol. The molecule has 18 heavy (non-hydrogen) atoms. The largest absolute Gasteiger partial charge is 0.493 e. The number of para-hydroxylation sites is 1. The smallest absolute Gasteiger partial charge is 0.125 e. The molecule has 0 radical (unpaired) electrons. The number of ether oxygens (including phenoxy) is 2. The van der Waals surface area contributed by atoms with Gasteiger partial charge in [0.15, 0.2) is 0 Å². The van der Waals surface area contributed by atoms with E-state index in [1.165, 1.54) is 0 Å². The Bertz CT molecular complexity index is 396. The summed E-state index contributed by atoms with van der Waals surface area (Å²) in [7, 11) is 0. The summed E-state index contributed by atoms with van der Waals surface area (Å²) in [6.07, 6.45) is 0.623. The van der Waals surface area contributed by atoms with Gasteiger partial charge in [-0.05, 0) is 12.5 Å². The zero-order valence-corrected chi connectivity index (χ0v) is 10.8. The zero-order valence-electron chi connectivity index (χ0n) is 10.8. The van der Waals surface area contributed by atoms with Crippen LogP contribution in [-0.4, -0.2) is 31.5 Å². The third-order valence-electron chi connectivity index (χ3n) is 3.59. The summed E-state index contributed by atoms with van der Waals surface area (Å²) >= 11 is 0. The minimum Gasteiger partial charge on any atom is -0.493 e. The summed E-state index contributed by atoms with van der Waals surface area (Å²) in [6, 6.07) is 7.88. The third kappa shape index (κ3) is 2.23. The minimum atomic E-state index is -0.496. The molecule has 0 amide bonds. The average Bonchev–Trinajstić information content (AvgIpc) is 2.42. The van der Waals surface area contributed by atoms with Gasteiger partial charge < -0.3 is 20.3 Å². The van der Waals surface area contributed by atoms with Crippen LogP contribution < -0.4 is 10.5 Å². The number of hydrogen-bond donors (Lipinski definition) is 2. The number of rotatable bonds is 5. The highest BCUT2D eigenvalue weighted by atomic mass is 16.5. The first kappa shape index (κ1) is 13.3. The van der Waals surface area contributed by atoms with Crippen molar-refractivity contribution in [2.75, 3.05) is 26.4 Å². The van der Waals surface area contributed by atoms with Crippen LogP contribution in [0.5, 0.6) is 5.75 Å². The molecule has 0 spiro atoms. The van der Waals surface area contributed by atoms with Crippen LogP contribution in [0, 0.1) is 5.92 Å². The molecule has 1 aliphatic heterocycles. The molecule has 0 saturated heterocycles. The molecule has 2 atom stereocenters. The highest BCUT2D eigenvalue weighted by Crippen LogP contribution is 2.42. The van der Waals surface area contributed by atoms with Crippen molar-refractivity contribution < 1.29 is 14.6 Å². The molecule has 0 fully saturated rings. The maximum atomic E-state index is 8.88. The highest BCUT2D eigenvalue weighted by molar-refractivity contribution is 5.40. The average molecular weight is 251 g/mol. The molecule has 2 rings (SSSR count). The fraction of sp³-hybridized carbons (Fsp3) is 0.571. The van der Waals surface area contributed by atoms with Gasteiger partial charge in [-0.3, -0.25) is 0 Å². The number of benzene rings is 1. The summed E-state index contributed by atoms with van der Waals surface area (Å²) in [4.78, 5) is 0. The van der Waals surface area contributed by atoms with Gasteiger partial charge in [0.2, 0.25) is 0 Å². The van der Waals surface area contributed by atoms with E-state index in [0.29, 0.717) is 26.2 Å². The molecule has 0 bridgehead atoms. The van der Waals surface area contributed by atoms with Crippen LogP contribution in [0.15, 0.2) is 24.3 Å². The maximum absolute atomic E-state index is 8.88. The van der Waals surface area contributed by atoms with Gasteiger partial charge in [-0.2, -0.15) is 0 Å². The van der Waals surface area contributed by atoms with Gasteiger partial charge in [0.1, 0.15) is 11.4 Å². The van der Waals surface area contributed by atoms with E-state index in [2.05, 4.69) is 6.92 Å². The molecule has 1 heterocycles. The lowest BCUT2D eigenvalue weighted by molar-refractivity contribution is -0.107. The Morgan fingerprint density at radius 3 is 3.00 bits per heavy atom. The van der Waals surface area contributed by atoms with Gasteiger partial charge in [0, 0.05) is 24.6 Å². The van der Waals surface area contributed by atoms with Crippen molar-refractivity contribution in [1.29, 1.82) is 0 Å². The Kier molecular flexibility index (Phi) is 4.22. The third-order valence-corrected chi connectivity index (χ3v) is 3.59. The van der Waals surface area contributed by atoms with Gasteiger partial charge in [-0.15, -0.1) is 0 Å². The molecule has 100 valence electrons. The van der Waals surface area contributed by atoms with Crippen molar-refractivity contribution in [2.24, 2.45) is 11.7 Å². The molecule has 0 saturated carbocycles. The van der Waals surface area contributed by atoms with E-state index in [1.807, 2.05) is 24.3 Å². The predicted octanol–water partition coefficient (Wildman–Crippen LogP) is 1.27. The topological polar surface area (TPSA) is 64.7 Å². The Morgan fingerprint density at radius 1 is 1.50 bits per heavy atom. The van der Waals surface area contributed by atoms with E-state index in [0.717, 1.165) is 11.3 Å². The predicted molar refractivity (Wildman–Crippen MR) is 69.5 cm³/mol. The van der Waals surface area contributed by atoms with Crippen LogP contribution in [0.1, 0.15) is 18.9 Å². The summed E-state index contributed by atoms with van der Waals surface area (Å²) in [5.41, 5.74) is 6.50. The molecular formula is C14H21NO3. The Hall–Kier alpha value is -1.10. The van der Waals surface area contributed by atoms with E-state index in [4.69, 9.17) is 20.3 Å². The lowest BCUT2D eigenvalue weighted by atomic mass is 9.80. The highest BCUT2D eigenvalue weighted by Gasteiger charge is 2.43. The lowest BCUT2D eigenvalue weighted by Crippen LogP contribution is -2.48. The maximum Gasteiger partial charge on any atom is 0.125 e. The first-order valence-corrected chi connectivity index (χ1v) is 6.42. The molecule has 4 heteroatoms. The van der Waals surface area contributed by atoms with Crippen LogP contribution in [0.3, 0.4) is 0 Å². The molecular weight excluding hydrogens is 230 g/mol. The van der Waals surface area contributed by atoms with Crippen LogP contribution >= 0.6 is 0 Å². The van der Waals surface area contributed by atoms with Gasteiger partial charge >= 0.3 is 0 Å². The second-order valence-electron chi connectivity index (χ2n) is 4.73. The molecule has 3 N–H and O–H groups in total. The summed E-state index contributed by atoms with van der Waals surface area (Å²) < 4.78 is 11.7. The lowest BCUT2D eigenvalue weighted by Gasteiger charge is -2.42. The van der Waals surface area contributed by atoms with E-state index >= 15 is 0 Å². The first-order valence-electron chi connectivity index (χ1n) is 6.42. The van der Waals surface area contributed by atoms with E-state index in [-0.39, 0.29) is 12.5 Å². The molecule has 1 aromatic carbocycles. The van der Waals surface area contributed by atoms with E-state index < -0.39 is 5.60 Å². The number of hydrogen-bond acceptors (Lipinski definition) is 4. The summed E-state index contributed by atoms with van der Waals surface area (Å²) in [6.45, 7) is 3.74. The van der Waals surface area contributed by atoms with Gasteiger partial charge in [-0.1, -0.05) is 25.1 Å². The second-order valence-corrected chi connectivity index (χ2v) is 4.73. The Balaban J connectivity index is 2.31. The van der Waals surface area contributed by atoms with Crippen LogP contribution in [0.2, 0.25) is 0 Å². The van der Waals surface area contributed by atoms with Crippen molar-refractivity contribution in [3.8, 4) is 5.75 Å². The summed E-state index contributed by atoms with van der Waals surface area (Å²) in [5, 5.41) is 8.88. The zero-order chi connectivity index (χ0) is 13.0. The normalized spacial score (nSPS) is 26.5. The number of aliphatic hydroxyl groups is 1. The number of fused-ring (bicyclic) bond motifs is 1. The standard InChI is InChI=1S/C14H21NO3/c1-11-9-17-13-6-3-2-5-12(13)14(11,10-15)18-8-4-7-16/h2-3,5-6,11,16H,4,7-10,15H2,1H3. The van der Waals surface area contributed by atoms with Crippen molar-refractivity contribution in [2.45, 2.75) is 18.9 Å².